The first-order valence-corrected chi connectivity index (χ1v) is 11.9. The van der Waals surface area contributed by atoms with Crippen LogP contribution >= 0.6 is 11.3 Å². The van der Waals surface area contributed by atoms with Crippen LogP contribution < -0.4 is 9.47 Å². The second kappa shape index (κ2) is 11.2. The largest absolute Gasteiger partial charge is 0.497 e. The Labute approximate surface area is 193 Å². The lowest BCUT2D eigenvalue weighted by Crippen LogP contribution is -2.37. The number of ether oxygens (including phenoxy) is 3. The van der Waals surface area contributed by atoms with Crippen LogP contribution in [-0.4, -0.2) is 43.8 Å². The molecule has 0 saturated carbocycles. The van der Waals surface area contributed by atoms with E-state index in [1.165, 1.54) is 5.56 Å². The summed E-state index contributed by atoms with van der Waals surface area (Å²) in [6, 6.07) is 17.4. The molecule has 3 aromatic rings. The van der Waals surface area contributed by atoms with E-state index < -0.39 is 0 Å². The maximum Gasteiger partial charge on any atom is 0.254 e. The zero-order chi connectivity index (χ0) is 22.2. The molecule has 0 bridgehead atoms. The van der Waals surface area contributed by atoms with Crippen molar-refractivity contribution in [2.75, 3.05) is 26.9 Å². The van der Waals surface area contributed by atoms with E-state index in [0.29, 0.717) is 25.3 Å². The number of hydrogen-bond donors (Lipinski definition) is 0. The molecule has 1 amide bonds. The Morgan fingerprint density at radius 1 is 1.12 bits per heavy atom. The number of hydrogen-bond acceptors (Lipinski definition) is 5. The summed E-state index contributed by atoms with van der Waals surface area (Å²) >= 11 is 1.70. The summed E-state index contributed by atoms with van der Waals surface area (Å²) in [7, 11) is 1.62. The van der Waals surface area contributed by atoms with Gasteiger partial charge in [-0.25, -0.2) is 0 Å². The summed E-state index contributed by atoms with van der Waals surface area (Å²) in [4.78, 5) is 15.2. The molecule has 2 aromatic carbocycles. The second-order valence-electron chi connectivity index (χ2n) is 7.93. The van der Waals surface area contributed by atoms with Crippen LogP contribution in [0.25, 0.3) is 0 Å². The van der Waals surface area contributed by atoms with E-state index >= 15 is 0 Å². The van der Waals surface area contributed by atoms with Gasteiger partial charge in [0.1, 0.15) is 11.5 Å². The summed E-state index contributed by atoms with van der Waals surface area (Å²) in [6.45, 7) is 2.48. The highest BCUT2D eigenvalue weighted by Gasteiger charge is 2.24. The molecule has 6 heteroatoms. The number of rotatable bonds is 10. The van der Waals surface area contributed by atoms with Crippen molar-refractivity contribution in [3.05, 3.63) is 82.0 Å². The lowest BCUT2D eigenvalue weighted by molar-refractivity contribution is 0.0507. The average Bonchev–Trinajstić information content (AvgIpc) is 3.53. The molecule has 1 aliphatic rings. The molecule has 1 fully saturated rings. The van der Waals surface area contributed by atoms with Crippen molar-refractivity contribution >= 4 is 17.2 Å². The molecule has 4 rings (SSSR count). The monoisotopic (exact) mass is 451 g/mol. The average molecular weight is 452 g/mol. The molecule has 0 spiro atoms. The molecule has 5 nitrogen and oxygen atoms in total. The van der Waals surface area contributed by atoms with Gasteiger partial charge < -0.3 is 19.1 Å². The van der Waals surface area contributed by atoms with Crippen molar-refractivity contribution < 1.29 is 19.0 Å². The Morgan fingerprint density at radius 3 is 2.72 bits per heavy atom. The molecule has 1 saturated heterocycles. The molecule has 32 heavy (non-hydrogen) atoms. The van der Waals surface area contributed by atoms with Crippen LogP contribution in [0.15, 0.2) is 65.4 Å². The Balaban J connectivity index is 1.44. The molecule has 1 aliphatic heterocycles. The van der Waals surface area contributed by atoms with Crippen LogP contribution in [0.4, 0.5) is 0 Å². The zero-order valence-corrected chi connectivity index (χ0v) is 19.2. The van der Waals surface area contributed by atoms with Crippen LogP contribution in [0, 0.1) is 0 Å². The standard InChI is InChI=1S/C26H29NO4S/c1-29-23-9-7-22(8-10-23)26(28)27(18-25-6-3-13-30-25)17-21-4-2-5-24(16-21)31-14-11-20-12-15-32-19-20/h2,4-5,7-10,12,15-16,19,25H,3,6,11,13-14,17-18H2,1H3. The third kappa shape index (κ3) is 6.11. The first-order chi connectivity index (χ1) is 15.7. The summed E-state index contributed by atoms with van der Waals surface area (Å²) in [6.07, 6.45) is 3.00. The van der Waals surface area contributed by atoms with E-state index in [4.69, 9.17) is 14.2 Å². The first-order valence-electron chi connectivity index (χ1n) is 11.0. The predicted molar refractivity (Wildman–Crippen MR) is 127 cm³/mol. The van der Waals surface area contributed by atoms with Crippen LogP contribution in [0.5, 0.6) is 11.5 Å². The number of thiophene rings is 1. The first kappa shape index (κ1) is 22.4. The van der Waals surface area contributed by atoms with Crippen molar-refractivity contribution in [3.63, 3.8) is 0 Å². The second-order valence-corrected chi connectivity index (χ2v) is 8.71. The maximum atomic E-state index is 13.3. The number of carbonyl (C=O) groups excluding carboxylic acids is 1. The van der Waals surface area contributed by atoms with Crippen molar-refractivity contribution in [3.8, 4) is 11.5 Å². The minimum atomic E-state index is -0.00747. The predicted octanol–water partition coefficient (Wildman–Crippen LogP) is 5.20. The molecule has 1 aromatic heterocycles. The Kier molecular flexibility index (Phi) is 7.80. The molecule has 0 radical (unpaired) electrons. The number of benzene rings is 2. The molecule has 0 aliphatic carbocycles. The van der Waals surface area contributed by atoms with Crippen molar-refractivity contribution in [2.24, 2.45) is 0 Å². The minimum absolute atomic E-state index is 0.00747. The van der Waals surface area contributed by atoms with Crippen molar-refractivity contribution in [1.82, 2.24) is 4.90 Å². The number of amides is 1. The van der Waals surface area contributed by atoms with Crippen LogP contribution in [0.2, 0.25) is 0 Å². The van der Waals surface area contributed by atoms with E-state index in [9.17, 15) is 4.79 Å². The normalized spacial score (nSPS) is 15.5. The quantitative estimate of drug-likeness (QED) is 0.425. The highest BCUT2D eigenvalue weighted by molar-refractivity contribution is 7.07. The highest BCUT2D eigenvalue weighted by atomic mass is 32.1. The summed E-state index contributed by atoms with van der Waals surface area (Å²) < 4.78 is 17.0. The third-order valence-corrected chi connectivity index (χ3v) is 6.32. The van der Waals surface area contributed by atoms with E-state index in [-0.39, 0.29) is 12.0 Å². The van der Waals surface area contributed by atoms with Gasteiger partial charge in [-0.05, 0) is 77.2 Å². The number of carbonyl (C=O) groups is 1. The molecular weight excluding hydrogens is 422 g/mol. The van der Waals surface area contributed by atoms with Gasteiger partial charge in [0.25, 0.3) is 5.91 Å². The zero-order valence-electron chi connectivity index (χ0n) is 18.4. The van der Waals surface area contributed by atoms with Gasteiger partial charge in [-0.2, -0.15) is 11.3 Å². The van der Waals surface area contributed by atoms with Crippen molar-refractivity contribution in [2.45, 2.75) is 31.9 Å². The minimum Gasteiger partial charge on any atom is -0.497 e. The number of nitrogens with zero attached hydrogens (tertiary/aromatic N) is 1. The lowest BCUT2D eigenvalue weighted by atomic mass is 10.1. The third-order valence-electron chi connectivity index (χ3n) is 5.58. The van der Waals surface area contributed by atoms with Gasteiger partial charge in [0.05, 0.1) is 19.8 Å². The Morgan fingerprint density at radius 2 is 2.00 bits per heavy atom. The van der Waals surface area contributed by atoms with E-state index in [0.717, 1.165) is 42.9 Å². The fourth-order valence-corrected chi connectivity index (χ4v) is 4.55. The van der Waals surface area contributed by atoms with Crippen molar-refractivity contribution in [1.29, 1.82) is 0 Å². The van der Waals surface area contributed by atoms with Crippen LogP contribution in [0.1, 0.15) is 34.3 Å². The van der Waals surface area contributed by atoms with Gasteiger partial charge in [-0.1, -0.05) is 12.1 Å². The summed E-state index contributed by atoms with van der Waals surface area (Å²) in [5, 5.41) is 4.23. The van der Waals surface area contributed by atoms with Gasteiger partial charge >= 0.3 is 0 Å². The Hall–Kier alpha value is -2.83. The van der Waals surface area contributed by atoms with Gasteiger partial charge in [0.2, 0.25) is 0 Å². The van der Waals surface area contributed by atoms with Crippen LogP contribution in [0.3, 0.4) is 0 Å². The highest BCUT2D eigenvalue weighted by Crippen LogP contribution is 2.21. The SMILES string of the molecule is COc1ccc(C(=O)N(Cc2cccc(OCCc3ccsc3)c2)CC2CCCO2)cc1. The molecule has 2 heterocycles. The van der Waals surface area contributed by atoms with Gasteiger partial charge in [-0.3, -0.25) is 4.79 Å². The number of methoxy groups -OCH3 is 1. The summed E-state index contributed by atoms with van der Waals surface area (Å²) in [5.41, 5.74) is 2.98. The van der Waals surface area contributed by atoms with E-state index in [1.54, 1.807) is 18.4 Å². The van der Waals surface area contributed by atoms with E-state index in [1.807, 2.05) is 53.4 Å². The fraction of sp³-hybridized carbons (Fsp3) is 0.346. The van der Waals surface area contributed by atoms with Crippen LogP contribution in [-0.2, 0) is 17.7 Å². The molecule has 0 N–H and O–H groups in total. The molecular formula is C26H29NO4S. The smallest absolute Gasteiger partial charge is 0.254 e. The topological polar surface area (TPSA) is 48.0 Å². The molecule has 168 valence electrons. The van der Waals surface area contributed by atoms with E-state index in [2.05, 4.69) is 16.8 Å². The maximum absolute atomic E-state index is 13.3. The Bertz CT molecular complexity index is 981. The summed E-state index contributed by atoms with van der Waals surface area (Å²) in [5.74, 6) is 1.55. The van der Waals surface area contributed by atoms with Gasteiger partial charge in [-0.15, -0.1) is 0 Å². The van der Waals surface area contributed by atoms with Gasteiger partial charge in [0.15, 0.2) is 0 Å². The lowest BCUT2D eigenvalue weighted by Gasteiger charge is -2.26. The molecule has 1 atom stereocenters. The van der Waals surface area contributed by atoms with Gasteiger partial charge in [0, 0.05) is 31.7 Å². The fourth-order valence-electron chi connectivity index (χ4n) is 3.85. The molecule has 1 unspecified atom stereocenters.